The molecule has 1 saturated heterocycles. The molecule has 2 aromatic heterocycles. The zero-order valence-electron chi connectivity index (χ0n) is 15.3. The van der Waals surface area contributed by atoms with Crippen LogP contribution in [0.25, 0.3) is 10.2 Å². The number of thiophene rings is 1. The van der Waals surface area contributed by atoms with Crippen LogP contribution in [-0.2, 0) is 23.1 Å². The van der Waals surface area contributed by atoms with Gasteiger partial charge in [-0.2, -0.15) is 0 Å². The number of esters is 1. The average Bonchev–Trinajstić information content (AvgIpc) is 2.98. The van der Waals surface area contributed by atoms with Crippen LogP contribution in [0.2, 0.25) is 0 Å². The maximum Gasteiger partial charge on any atom is 0.348 e. The first-order valence-electron chi connectivity index (χ1n) is 8.77. The molecule has 0 radical (unpaired) electrons. The molecule has 9 heteroatoms. The number of carbonyl (C=O) groups is 1. The highest BCUT2D eigenvalue weighted by Gasteiger charge is 2.23. The van der Waals surface area contributed by atoms with Gasteiger partial charge in [0.15, 0.2) is 0 Å². The third-order valence-electron chi connectivity index (χ3n) is 4.76. The van der Waals surface area contributed by atoms with Crippen LogP contribution in [-0.4, -0.2) is 54.6 Å². The van der Waals surface area contributed by atoms with E-state index in [2.05, 4.69) is 0 Å². The first-order chi connectivity index (χ1) is 12.5. The standard InChI is InChI=1S/C17H23N3O5S/c1-4-25-16(22)13-11(2)12-14(21)18(3)17(23)20(15(12)26-13)6-5-19-7-9-24-10-8-19/h4-10H2,1-3H3/p+1. The van der Waals surface area contributed by atoms with Crippen molar-refractivity contribution in [3.63, 3.8) is 0 Å². The highest BCUT2D eigenvalue weighted by molar-refractivity contribution is 7.20. The fourth-order valence-corrected chi connectivity index (χ4v) is 4.44. The second-order valence-corrected chi connectivity index (χ2v) is 7.37. The van der Waals surface area contributed by atoms with Crippen LogP contribution in [0, 0.1) is 6.92 Å². The molecule has 0 aliphatic carbocycles. The Labute approximate surface area is 154 Å². The van der Waals surface area contributed by atoms with Gasteiger partial charge in [0.1, 0.15) is 22.8 Å². The molecule has 1 aliphatic rings. The molecule has 1 aliphatic heterocycles. The maximum absolute atomic E-state index is 12.7. The summed E-state index contributed by atoms with van der Waals surface area (Å²) in [5, 5.41) is 0.428. The van der Waals surface area contributed by atoms with Gasteiger partial charge < -0.3 is 14.4 Å². The van der Waals surface area contributed by atoms with Crippen LogP contribution >= 0.6 is 11.3 Å². The summed E-state index contributed by atoms with van der Waals surface area (Å²) in [5.74, 6) is -0.453. The Morgan fingerprint density at radius 3 is 2.65 bits per heavy atom. The summed E-state index contributed by atoms with van der Waals surface area (Å²) >= 11 is 1.16. The predicted molar refractivity (Wildman–Crippen MR) is 98.4 cm³/mol. The van der Waals surface area contributed by atoms with Gasteiger partial charge in [-0.25, -0.2) is 9.59 Å². The number of fused-ring (bicyclic) bond motifs is 1. The molecule has 1 N–H and O–H groups in total. The van der Waals surface area contributed by atoms with Crippen molar-refractivity contribution >= 4 is 27.5 Å². The van der Waals surface area contributed by atoms with E-state index in [-0.39, 0.29) is 17.9 Å². The van der Waals surface area contributed by atoms with Crippen LogP contribution < -0.4 is 16.1 Å². The Kier molecular flexibility index (Phi) is 5.59. The van der Waals surface area contributed by atoms with Gasteiger partial charge >= 0.3 is 11.7 Å². The fraction of sp³-hybridized carbons (Fsp3) is 0.588. The number of hydrogen-bond donors (Lipinski definition) is 1. The second kappa shape index (κ2) is 7.73. The number of morpholine rings is 1. The van der Waals surface area contributed by atoms with Crippen molar-refractivity contribution in [2.24, 2.45) is 7.05 Å². The number of hydrogen-bond acceptors (Lipinski definition) is 6. The Morgan fingerprint density at radius 1 is 1.31 bits per heavy atom. The zero-order valence-corrected chi connectivity index (χ0v) is 16.1. The van der Waals surface area contributed by atoms with Crippen molar-refractivity contribution in [1.29, 1.82) is 0 Å². The predicted octanol–water partition coefficient (Wildman–Crippen LogP) is -0.838. The number of nitrogens with one attached hydrogen (secondary N) is 1. The van der Waals surface area contributed by atoms with E-state index in [4.69, 9.17) is 9.47 Å². The summed E-state index contributed by atoms with van der Waals surface area (Å²) < 4.78 is 13.2. The zero-order chi connectivity index (χ0) is 18.8. The van der Waals surface area contributed by atoms with E-state index in [1.54, 1.807) is 18.4 Å². The van der Waals surface area contributed by atoms with E-state index >= 15 is 0 Å². The first-order valence-corrected chi connectivity index (χ1v) is 9.58. The minimum Gasteiger partial charge on any atom is -0.462 e. The maximum atomic E-state index is 12.7. The largest absolute Gasteiger partial charge is 0.462 e. The molecule has 0 saturated carbocycles. The van der Waals surface area contributed by atoms with Gasteiger partial charge in [0.2, 0.25) is 0 Å². The summed E-state index contributed by atoms with van der Waals surface area (Å²) in [6.07, 6.45) is 0. The fourth-order valence-electron chi connectivity index (χ4n) is 3.23. The molecule has 2 aromatic rings. The lowest BCUT2D eigenvalue weighted by Gasteiger charge is -2.24. The van der Waals surface area contributed by atoms with Crippen LogP contribution in [0.4, 0.5) is 0 Å². The third kappa shape index (κ3) is 3.34. The summed E-state index contributed by atoms with van der Waals surface area (Å²) in [7, 11) is 1.48. The molecule has 3 heterocycles. The summed E-state index contributed by atoms with van der Waals surface area (Å²) in [5.41, 5.74) is -0.146. The molecule has 8 nitrogen and oxygen atoms in total. The molecule has 0 bridgehead atoms. The number of quaternary nitrogens is 1. The summed E-state index contributed by atoms with van der Waals surface area (Å²) in [4.78, 5) is 39.8. The Bertz CT molecular complexity index is 936. The number of carbonyl (C=O) groups excluding carboxylic acids is 1. The molecule has 26 heavy (non-hydrogen) atoms. The molecule has 142 valence electrons. The topological polar surface area (TPSA) is 84.0 Å². The number of rotatable bonds is 5. The van der Waals surface area contributed by atoms with E-state index in [9.17, 15) is 14.4 Å². The monoisotopic (exact) mass is 382 g/mol. The summed E-state index contributed by atoms with van der Waals surface area (Å²) in [6.45, 7) is 8.23. The second-order valence-electron chi connectivity index (χ2n) is 6.37. The SMILES string of the molecule is CCOC(=O)c1sc2c(c1C)c(=O)n(C)c(=O)n2CC[NH+]1CCOCC1. The highest BCUT2D eigenvalue weighted by Crippen LogP contribution is 2.28. The lowest BCUT2D eigenvalue weighted by Crippen LogP contribution is -3.14. The van der Waals surface area contributed by atoms with Gasteiger partial charge in [-0.15, -0.1) is 11.3 Å². The van der Waals surface area contributed by atoms with Gasteiger partial charge in [-0.05, 0) is 19.4 Å². The number of aryl methyl sites for hydroxylation is 1. The third-order valence-corrected chi connectivity index (χ3v) is 6.05. The molecule has 0 amide bonds. The van der Waals surface area contributed by atoms with Crippen molar-refractivity contribution in [2.75, 3.05) is 39.5 Å². The van der Waals surface area contributed by atoms with Crippen molar-refractivity contribution in [3.8, 4) is 0 Å². The first kappa shape index (κ1) is 18.8. The Balaban J connectivity index is 2.06. The molecule has 1 fully saturated rings. The highest BCUT2D eigenvalue weighted by atomic mass is 32.1. The summed E-state index contributed by atoms with van der Waals surface area (Å²) in [6, 6.07) is 0. The molecular weight excluding hydrogens is 358 g/mol. The van der Waals surface area contributed by atoms with E-state index in [1.807, 2.05) is 0 Å². The van der Waals surface area contributed by atoms with Crippen LogP contribution in [0.15, 0.2) is 9.59 Å². The van der Waals surface area contributed by atoms with Gasteiger partial charge in [0.05, 0.1) is 38.3 Å². The van der Waals surface area contributed by atoms with Gasteiger partial charge in [0.25, 0.3) is 5.56 Å². The Hall–Kier alpha value is -1.97. The van der Waals surface area contributed by atoms with Crippen molar-refractivity contribution < 1.29 is 19.2 Å². The lowest BCUT2D eigenvalue weighted by molar-refractivity contribution is -0.908. The average molecular weight is 382 g/mol. The minimum atomic E-state index is -0.453. The molecule has 0 atom stereocenters. The molecular formula is C17H24N3O5S+. The lowest BCUT2D eigenvalue weighted by atomic mass is 10.2. The number of aromatic nitrogens is 2. The van der Waals surface area contributed by atoms with Gasteiger partial charge in [-0.1, -0.05) is 0 Å². The smallest absolute Gasteiger partial charge is 0.348 e. The van der Waals surface area contributed by atoms with E-state index in [0.29, 0.717) is 27.2 Å². The molecule has 0 unspecified atom stereocenters. The number of nitrogens with zero attached hydrogens (tertiary/aromatic N) is 2. The molecule has 0 aromatic carbocycles. The van der Waals surface area contributed by atoms with Gasteiger partial charge in [-0.3, -0.25) is 13.9 Å². The van der Waals surface area contributed by atoms with E-state index in [0.717, 1.165) is 48.8 Å². The minimum absolute atomic E-state index is 0.262. The normalized spacial score (nSPS) is 15.5. The van der Waals surface area contributed by atoms with Gasteiger partial charge in [0, 0.05) is 7.05 Å². The van der Waals surface area contributed by atoms with Crippen LogP contribution in [0.3, 0.4) is 0 Å². The van der Waals surface area contributed by atoms with Crippen LogP contribution in [0.1, 0.15) is 22.2 Å². The van der Waals surface area contributed by atoms with Crippen molar-refractivity contribution in [2.45, 2.75) is 20.4 Å². The molecule has 0 spiro atoms. The number of ether oxygens (including phenoxy) is 2. The van der Waals surface area contributed by atoms with E-state index < -0.39 is 5.97 Å². The van der Waals surface area contributed by atoms with Crippen molar-refractivity contribution in [3.05, 3.63) is 31.3 Å². The molecule has 3 rings (SSSR count). The Morgan fingerprint density at radius 2 is 2.00 bits per heavy atom. The van der Waals surface area contributed by atoms with Crippen molar-refractivity contribution in [1.82, 2.24) is 9.13 Å². The van der Waals surface area contributed by atoms with E-state index in [1.165, 1.54) is 11.9 Å². The quantitative estimate of drug-likeness (QED) is 0.682. The van der Waals surface area contributed by atoms with Crippen LogP contribution in [0.5, 0.6) is 0 Å².